The van der Waals surface area contributed by atoms with Gasteiger partial charge in [-0.3, -0.25) is 13.9 Å². The summed E-state index contributed by atoms with van der Waals surface area (Å²) in [5, 5.41) is 3.43. The van der Waals surface area contributed by atoms with E-state index < -0.39 is 22.0 Å². The number of nitrogens with two attached hydrogens (primary N) is 2. The Hall–Kier alpha value is -4.19. The van der Waals surface area contributed by atoms with Gasteiger partial charge in [0.05, 0.1) is 16.6 Å². The van der Waals surface area contributed by atoms with Gasteiger partial charge in [0.25, 0.3) is 10.0 Å². The van der Waals surface area contributed by atoms with Crippen molar-refractivity contribution in [1.29, 1.82) is 0 Å². The van der Waals surface area contributed by atoms with Crippen molar-refractivity contribution in [2.45, 2.75) is 43.0 Å². The number of imidazole rings is 1. The van der Waals surface area contributed by atoms with Crippen LogP contribution in [0.25, 0.3) is 11.3 Å². The fraction of sp³-hybridized carbons (Fsp3) is 0.303. The molecule has 1 atom stereocenters. The molecule has 1 aliphatic carbocycles. The second-order valence-electron chi connectivity index (χ2n) is 11.4. The Bertz CT molecular complexity index is 1750. The van der Waals surface area contributed by atoms with E-state index in [1.54, 1.807) is 66.7 Å². The normalized spacial score (nSPS) is 17.4. The molecule has 1 aliphatic rings. The van der Waals surface area contributed by atoms with Gasteiger partial charge in [-0.15, -0.1) is 0 Å². The Labute approximate surface area is 268 Å². The second-order valence-corrected chi connectivity index (χ2v) is 13.7. The summed E-state index contributed by atoms with van der Waals surface area (Å²) >= 11 is 6.61. The number of carbonyl (C=O) groups excluding carboxylic acids is 2. The van der Waals surface area contributed by atoms with Gasteiger partial charge in [0.15, 0.2) is 0 Å². The van der Waals surface area contributed by atoms with E-state index in [4.69, 9.17) is 28.1 Å². The van der Waals surface area contributed by atoms with Gasteiger partial charge in [-0.25, -0.2) is 13.4 Å². The largest absolute Gasteiger partial charge is 0.366 e. The maximum absolute atomic E-state index is 13.5. The third kappa shape index (κ3) is 7.38. The van der Waals surface area contributed by atoms with Crippen molar-refractivity contribution in [3.63, 3.8) is 0 Å². The first kappa shape index (κ1) is 32.2. The molecular weight excluding hydrogens is 612 g/mol. The third-order valence-electron chi connectivity index (χ3n) is 8.43. The highest BCUT2D eigenvalue weighted by Crippen LogP contribution is 2.32. The molecule has 1 saturated carbocycles. The van der Waals surface area contributed by atoms with E-state index in [2.05, 4.69) is 10.3 Å². The van der Waals surface area contributed by atoms with Crippen molar-refractivity contribution in [3.8, 4) is 11.3 Å². The smallest absolute Gasteiger partial charge is 0.264 e. The second kappa shape index (κ2) is 13.8. The Kier molecular flexibility index (Phi) is 9.91. The molecule has 0 bridgehead atoms. The fourth-order valence-corrected chi connectivity index (χ4v) is 7.20. The summed E-state index contributed by atoms with van der Waals surface area (Å²) in [7, 11) is -2.34. The number of carbonyl (C=O) groups is 2. The van der Waals surface area contributed by atoms with E-state index in [9.17, 15) is 18.0 Å². The van der Waals surface area contributed by atoms with Crippen LogP contribution in [0, 0.1) is 11.8 Å². The number of primary amides is 1. The molecule has 2 amide bonds. The minimum atomic E-state index is -3.85. The van der Waals surface area contributed by atoms with Gasteiger partial charge in [-0.1, -0.05) is 54.1 Å². The molecule has 1 heterocycles. The van der Waals surface area contributed by atoms with Crippen molar-refractivity contribution < 1.29 is 18.0 Å². The zero-order chi connectivity index (χ0) is 32.1. The molecular formula is C33H37ClN6O4S. The first-order valence-electron chi connectivity index (χ1n) is 14.9. The van der Waals surface area contributed by atoms with Crippen molar-refractivity contribution in [2.75, 3.05) is 17.9 Å². The maximum atomic E-state index is 13.5. The fourth-order valence-electron chi connectivity index (χ4n) is 5.69. The average molecular weight is 649 g/mol. The zero-order valence-corrected chi connectivity index (χ0v) is 26.5. The van der Waals surface area contributed by atoms with Gasteiger partial charge in [0.1, 0.15) is 16.7 Å². The lowest BCUT2D eigenvalue weighted by atomic mass is 9.81. The molecule has 0 saturated heterocycles. The lowest BCUT2D eigenvalue weighted by Crippen LogP contribution is -2.37. The average Bonchev–Trinajstić information content (AvgIpc) is 3.46. The van der Waals surface area contributed by atoms with Gasteiger partial charge >= 0.3 is 0 Å². The third-order valence-corrected chi connectivity index (χ3v) is 10.5. The van der Waals surface area contributed by atoms with Gasteiger partial charge in [0, 0.05) is 24.1 Å². The quantitative estimate of drug-likeness (QED) is 0.182. The van der Waals surface area contributed by atoms with E-state index in [1.165, 1.54) is 11.4 Å². The lowest BCUT2D eigenvalue weighted by molar-refractivity contribution is -0.127. The number of aromatic nitrogens is 2. The summed E-state index contributed by atoms with van der Waals surface area (Å²) in [5.41, 5.74) is 13.9. The van der Waals surface area contributed by atoms with Crippen molar-refractivity contribution in [3.05, 3.63) is 101 Å². The summed E-state index contributed by atoms with van der Waals surface area (Å²) in [6.45, 7) is 0.615. The van der Waals surface area contributed by atoms with Crippen molar-refractivity contribution >= 4 is 39.1 Å². The van der Waals surface area contributed by atoms with Crippen LogP contribution in [0.3, 0.4) is 0 Å². The Morgan fingerprint density at radius 1 is 1.02 bits per heavy atom. The molecule has 0 spiro atoms. The van der Waals surface area contributed by atoms with Gasteiger partial charge < -0.3 is 21.8 Å². The Morgan fingerprint density at radius 3 is 2.36 bits per heavy atom. The van der Waals surface area contributed by atoms with E-state index in [1.807, 2.05) is 12.1 Å². The molecule has 5 rings (SSSR count). The van der Waals surface area contributed by atoms with Gasteiger partial charge in [0.2, 0.25) is 11.8 Å². The first-order valence-corrected chi connectivity index (χ1v) is 16.7. The molecule has 1 fully saturated rings. The topological polar surface area (TPSA) is 164 Å². The van der Waals surface area contributed by atoms with Crippen LogP contribution in [-0.2, 0) is 21.2 Å². The van der Waals surface area contributed by atoms with Crippen LogP contribution in [0.1, 0.15) is 53.5 Å². The first-order chi connectivity index (χ1) is 21.6. The van der Waals surface area contributed by atoms with E-state index >= 15 is 0 Å². The molecule has 0 aliphatic heterocycles. The molecule has 1 aromatic heterocycles. The molecule has 236 valence electrons. The minimum Gasteiger partial charge on any atom is -0.366 e. The predicted molar refractivity (Wildman–Crippen MR) is 175 cm³/mol. The summed E-state index contributed by atoms with van der Waals surface area (Å²) in [6.07, 6.45) is 3.54. The van der Waals surface area contributed by atoms with Gasteiger partial charge in [-0.05, 0) is 86.5 Å². The van der Waals surface area contributed by atoms with E-state index in [0.29, 0.717) is 46.4 Å². The zero-order valence-electron chi connectivity index (χ0n) is 24.9. The van der Waals surface area contributed by atoms with Gasteiger partial charge in [-0.2, -0.15) is 0 Å². The number of nitrogens with zero attached hydrogens (tertiary/aromatic N) is 2. The SMILES string of the molecule is CN(c1ccccc1)S(=O)(=O)c1cccc(CC(NC(=O)[C@H]2CC[C@H](CN)CC2)c2nc(-c3ccc(C(N)=O)cc3)c(Cl)[nH]2)c1. The van der Waals surface area contributed by atoms with Crippen LogP contribution in [0.4, 0.5) is 5.69 Å². The number of hydrogen-bond acceptors (Lipinski definition) is 6. The predicted octanol–water partition coefficient (Wildman–Crippen LogP) is 4.82. The lowest BCUT2D eigenvalue weighted by Gasteiger charge is -2.28. The molecule has 1 unspecified atom stereocenters. The van der Waals surface area contributed by atoms with Crippen molar-refractivity contribution in [1.82, 2.24) is 15.3 Å². The van der Waals surface area contributed by atoms with Crippen LogP contribution >= 0.6 is 11.6 Å². The van der Waals surface area contributed by atoms with Crippen LogP contribution in [0.2, 0.25) is 5.15 Å². The minimum absolute atomic E-state index is 0.0945. The number of halogens is 1. The number of nitrogens with one attached hydrogen (secondary N) is 2. The number of H-pyrrole nitrogens is 1. The highest BCUT2D eigenvalue weighted by Gasteiger charge is 2.29. The Balaban J connectivity index is 1.44. The molecule has 3 aromatic carbocycles. The number of aromatic amines is 1. The van der Waals surface area contributed by atoms with Crippen LogP contribution in [0.15, 0.2) is 83.8 Å². The molecule has 10 nitrogen and oxygen atoms in total. The highest BCUT2D eigenvalue weighted by molar-refractivity contribution is 7.92. The molecule has 12 heteroatoms. The standard InChI is InChI=1S/C33H37ClN6O4S/c1-40(26-7-3-2-4-8-26)45(43,44)27-9-5-6-22(18-27)19-28(37-33(42)25-12-10-21(20-35)11-13-25)32-38-29(30(34)39-32)23-14-16-24(17-15-23)31(36)41/h2-9,14-18,21,25,28H,10-13,19-20,35H2,1H3,(H2,36,41)(H,37,42)(H,38,39)/t21-,25-,28?. The number of para-hydroxylation sites is 1. The van der Waals surface area contributed by atoms with E-state index in [0.717, 1.165) is 25.7 Å². The number of amides is 2. The number of anilines is 1. The summed E-state index contributed by atoms with van der Waals surface area (Å²) in [4.78, 5) is 33.1. The molecule has 4 aromatic rings. The maximum Gasteiger partial charge on any atom is 0.264 e. The van der Waals surface area contributed by atoms with Crippen molar-refractivity contribution in [2.24, 2.45) is 23.3 Å². The number of sulfonamides is 1. The summed E-state index contributed by atoms with van der Waals surface area (Å²) in [5.74, 6) is 0.0529. The number of rotatable bonds is 11. The highest BCUT2D eigenvalue weighted by atomic mass is 35.5. The summed E-state index contributed by atoms with van der Waals surface area (Å²) < 4.78 is 28.3. The van der Waals surface area contributed by atoms with E-state index in [-0.39, 0.29) is 28.3 Å². The Morgan fingerprint density at radius 2 is 1.71 bits per heavy atom. The molecule has 6 N–H and O–H groups in total. The van der Waals surface area contributed by atoms with Crippen LogP contribution < -0.4 is 21.1 Å². The molecule has 45 heavy (non-hydrogen) atoms. The molecule has 0 radical (unpaired) electrons. The number of benzene rings is 3. The monoisotopic (exact) mass is 648 g/mol. The number of hydrogen-bond donors (Lipinski definition) is 4. The van der Waals surface area contributed by atoms with Crippen LogP contribution in [-0.4, -0.2) is 43.8 Å². The van der Waals surface area contributed by atoms with Crippen LogP contribution in [0.5, 0.6) is 0 Å². The summed E-state index contributed by atoms with van der Waals surface area (Å²) in [6, 6.07) is 21.5.